The van der Waals surface area contributed by atoms with Crippen LogP contribution in [0.4, 0.5) is 4.39 Å². The maximum Gasteiger partial charge on any atom is 0.306 e. The summed E-state index contributed by atoms with van der Waals surface area (Å²) in [7, 11) is 1.57. The zero-order chi connectivity index (χ0) is 27.3. The van der Waals surface area contributed by atoms with E-state index in [0.29, 0.717) is 49.2 Å². The fraction of sp³-hybridized carbons (Fsp3) is 0.438. The Balaban J connectivity index is 1.55. The number of esters is 1. The van der Waals surface area contributed by atoms with Crippen LogP contribution in [0.1, 0.15) is 69.7 Å². The van der Waals surface area contributed by atoms with Crippen molar-refractivity contribution >= 4 is 5.97 Å². The summed E-state index contributed by atoms with van der Waals surface area (Å²) in [5.74, 6) is 1.32. The third-order valence-corrected chi connectivity index (χ3v) is 6.76. The van der Waals surface area contributed by atoms with Gasteiger partial charge in [-0.25, -0.2) is 9.37 Å². The Hall–Kier alpha value is -3.41. The molecule has 1 heterocycles. The van der Waals surface area contributed by atoms with Crippen LogP contribution in [0, 0.1) is 17.2 Å². The van der Waals surface area contributed by atoms with E-state index in [4.69, 9.17) is 19.2 Å². The molecule has 1 unspecified atom stereocenters. The van der Waals surface area contributed by atoms with Gasteiger partial charge in [0.1, 0.15) is 18.2 Å². The van der Waals surface area contributed by atoms with Crippen LogP contribution in [0.3, 0.4) is 0 Å². The van der Waals surface area contributed by atoms with E-state index in [9.17, 15) is 9.18 Å². The number of methoxy groups -OCH3 is 1. The Morgan fingerprint density at radius 1 is 1.08 bits per heavy atom. The van der Waals surface area contributed by atoms with Gasteiger partial charge in [-0.1, -0.05) is 45.0 Å². The van der Waals surface area contributed by atoms with Gasteiger partial charge in [0.15, 0.2) is 0 Å². The minimum absolute atomic E-state index is 0.0548. The van der Waals surface area contributed by atoms with Crippen molar-refractivity contribution in [2.45, 2.75) is 65.9 Å². The predicted octanol–water partition coefficient (Wildman–Crippen LogP) is 7.51. The van der Waals surface area contributed by atoms with E-state index in [1.165, 1.54) is 6.07 Å². The summed E-state index contributed by atoms with van der Waals surface area (Å²) in [5.41, 5.74) is 4.07. The van der Waals surface area contributed by atoms with Crippen molar-refractivity contribution in [1.29, 1.82) is 0 Å². The highest BCUT2D eigenvalue weighted by Crippen LogP contribution is 2.45. The summed E-state index contributed by atoms with van der Waals surface area (Å²) >= 11 is 0. The summed E-state index contributed by atoms with van der Waals surface area (Å²) in [5, 5.41) is 0. The van der Waals surface area contributed by atoms with Crippen LogP contribution in [0.2, 0.25) is 0 Å². The Kier molecular flexibility index (Phi) is 8.70. The predicted molar refractivity (Wildman–Crippen MR) is 147 cm³/mol. The average Bonchev–Trinajstić information content (AvgIpc) is 3.71. The molecule has 1 saturated carbocycles. The number of ether oxygens (including phenoxy) is 3. The first-order valence-corrected chi connectivity index (χ1v) is 13.4. The number of nitrogens with zero attached hydrogens (tertiary/aromatic N) is 1. The number of benzene rings is 2. The fourth-order valence-electron chi connectivity index (χ4n) is 4.81. The highest BCUT2D eigenvalue weighted by atomic mass is 19.1. The Bertz CT molecular complexity index is 1260. The summed E-state index contributed by atoms with van der Waals surface area (Å²) in [4.78, 5) is 17.0. The number of hydrogen-bond acceptors (Lipinski definition) is 5. The fourth-order valence-corrected chi connectivity index (χ4v) is 4.81. The van der Waals surface area contributed by atoms with Crippen LogP contribution in [0.25, 0.3) is 11.1 Å². The molecule has 0 N–H and O–H groups in total. The molecule has 6 heteroatoms. The topological polar surface area (TPSA) is 57.7 Å². The van der Waals surface area contributed by atoms with Crippen molar-refractivity contribution in [3.63, 3.8) is 0 Å². The molecule has 0 spiro atoms. The number of carbonyl (C=O) groups excluding carboxylic acids is 1. The summed E-state index contributed by atoms with van der Waals surface area (Å²) in [6.45, 7) is 8.98. The number of rotatable bonds is 11. The molecule has 0 radical (unpaired) electrons. The van der Waals surface area contributed by atoms with E-state index in [1.807, 2.05) is 25.1 Å². The second-order valence-corrected chi connectivity index (χ2v) is 11.2. The van der Waals surface area contributed by atoms with E-state index in [1.54, 1.807) is 25.3 Å². The molecule has 5 nitrogen and oxygen atoms in total. The Morgan fingerprint density at radius 3 is 2.55 bits per heavy atom. The van der Waals surface area contributed by atoms with Gasteiger partial charge in [-0.05, 0) is 78.8 Å². The summed E-state index contributed by atoms with van der Waals surface area (Å²) in [6, 6.07) is 16.6. The first-order chi connectivity index (χ1) is 18.2. The maximum atomic E-state index is 14.8. The lowest BCUT2D eigenvalue weighted by Gasteiger charge is -2.21. The van der Waals surface area contributed by atoms with Gasteiger partial charge in [-0.15, -0.1) is 0 Å². The molecule has 202 valence electrons. The molecule has 0 bridgehead atoms. The smallest absolute Gasteiger partial charge is 0.306 e. The number of halogens is 1. The molecule has 1 fully saturated rings. The van der Waals surface area contributed by atoms with E-state index < -0.39 is 0 Å². The maximum absolute atomic E-state index is 14.8. The van der Waals surface area contributed by atoms with Crippen LogP contribution in [0.5, 0.6) is 11.6 Å². The van der Waals surface area contributed by atoms with Crippen molar-refractivity contribution in [2.24, 2.45) is 11.3 Å². The lowest BCUT2D eigenvalue weighted by atomic mass is 9.87. The Morgan fingerprint density at radius 2 is 1.87 bits per heavy atom. The molecule has 0 amide bonds. The molecule has 2 aromatic carbocycles. The third kappa shape index (κ3) is 7.33. The normalized spacial score (nSPS) is 14.2. The highest BCUT2D eigenvalue weighted by molar-refractivity contribution is 5.71. The van der Waals surface area contributed by atoms with Gasteiger partial charge in [0.25, 0.3) is 0 Å². The molecule has 1 aliphatic carbocycles. The van der Waals surface area contributed by atoms with E-state index in [2.05, 4.69) is 32.9 Å². The zero-order valence-corrected chi connectivity index (χ0v) is 23.1. The number of aromatic nitrogens is 1. The van der Waals surface area contributed by atoms with Crippen molar-refractivity contribution in [1.82, 2.24) is 4.98 Å². The van der Waals surface area contributed by atoms with Crippen molar-refractivity contribution in [3.05, 3.63) is 77.2 Å². The summed E-state index contributed by atoms with van der Waals surface area (Å²) in [6.07, 6.45) is 3.35. The lowest BCUT2D eigenvalue weighted by Crippen LogP contribution is -2.13. The number of pyridine rings is 1. The van der Waals surface area contributed by atoms with Crippen molar-refractivity contribution < 1.29 is 23.4 Å². The summed E-state index contributed by atoms with van der Waals surface area (Å²) < 4.78 is 31.5. The molecule has 38 heavy (non-hydrogen) atoms. The van der Waals surface area contributed by atoms with Crippen LogP contribution in [0.15, 0.2) is 54.6 Å². The molecule has 1 aromatic heterocycles. The van der Waals surface area contributed by atoms with Gasteiger partial charge in [-0.2, -0.15) is 0 Å². The average molecular weight is 520 g/mol. The quantitative estimate of drug-likeness (QED) is 0.245. The zero-order valence-electron chi connectivity index (χ0n) is 23.1. The molecular formula is C32H38FNO4. The highest BCUT2D eigenvalue weighted by Gasteiger charge is 2.34. The van der Waals surface area contributed by atoms with E-state index in [-0.39, 0.29) is 23.1 Å². The molecule has 3 aromatic rings. The van der Waals surface area contributed by atoms with Crippen LogP contribution in [-0.2, 0) is 22.6 Å². The first-order valence-electron chi connectivity index (χ1n) is 13.4. The van der Waals surface area contributed by atoms with E-state index in [0.717, 1.165) is 35.2 Å². The molecule has 1 aliphatic rings. The minimum atomic E-state index is -0.318. The van der Waals surface area contributed by atoms with Gasteiger partial charge in [0.2, 0.25) is 5.88 Å². The van der Waals surface area contributed by atoms with Crippen LogP contribution in [-0.4, -0.2) is 24.7 Å². The lowest BCUT2D eigenvalue weighted by molar-refractivity contribution is -0.143. The van der Waals surface area contributed by atoms with Crippen LogP contribution < -0.4 is 9.47 Å². The number of carbonyl (C=O) groups is 1. The molecule has 0 aliphatic heterocycles. The third-order valence-electron chi connectivity index (χ3n) is 6.76. The van der Waals surface area contributed by atoms with Gasteiger partial charge >= 0.3 is 5.97 Å². The standard InChI is InChI=1S/C32H38FNO4/c1-6-37-31(35)18-26(22-10-11-22)23-9-7-8-21(16-23)20-38-30-15-13-25(29(34-30)19-32(2,3)4)27-17-24(36-5)12-14-28(27)33/h7-9,12-17,22,26H,6,10-11,18-20H2,1-5H3. The molecule has 0 saturated heterocycles. The van der Waals surface area contributed by atoms with Gasteiger partial charge in [0.05, 0.1) is 25.8 Å². The largest absolute Gasteiger partial charge is 0.497 e. The van der Waals surface area contributed by atoms with Gasteiger partial charge in [0, 0.05) is 17.2 Å². The van der Waals surface area contributed by atoms with Crippen LogP contribution >= 0.6 is 0 Å². The molecular weight excluding hydrogens is 481 g/mol. The second-order valence-electron chi connectivity index (χ2n) is 11.2. The SMILES string of the molecule is CCOC(=O)CC(c1cccc(COc2ccc(-c3cc(OC)ccc3F)c(CC(C)(C)C)n2)c1)C1CC1. The van der Waals surface area contributed by atoms with Crippen molar-refractivity contribution in [3.8, 4) is 22.8 Å². The monoisotopic (exact) mass is 519 g/mol. The second kappa shape index (κ2) is 12.0. The first kappa shape index (κ1) is 27.6. The van der Waals surface area contributed by atoms with Gasteiger partial charge in [-0.3, -0.25) is 4.79 Å². The number of hydrogen-bond donors (Lipinski definition) is 0. The molecule has 4 rings (SSSR count). The Labute approximate surface area is 225 Å². The van der Waals surface area contributed by atoms with E-state index >= 15 is 0 Å². The molecule has 1 atom stereocenters. The minimum Gasteiger partial charge on any atom is -0.497 e. The van der Waals surface area contributed by atoms with Gasteiger partial charge < -0.3 is 14.2 Å². The van der Waals surface area contributed by atoms with Crippen molar-refractivity contribution in [2.75, 3.05) is 13.7 Å².